The van der Waals surface area contributed by atoms with Crippen LogP contribution in [0.25, 0.3) is 6.08 Å². The Balaban J connectivity index is 1.71. The van der Waals surface area contributed by atoms with E-state index in [0.717, 1.165) is 24.5 Å². The maximum atomic E-state index is 12.5. The molecule has 0 saturated carbocycles. The molecule has 0 amide bonds. The number of hydrogen-bond acceptors (Lipinski definition) is 7. The number of carboxylic acids is 1. The van der Waals surface area contributed by atoms with Gasteiger partial charge in [-0.15, -0.1) is 0 Å². The second kappa shape index (κ2) is 12.1. The van der Waals surface area contributed by atoms with Crippen molar-refractivity contribution in [3.8, 4) is 11.5 Å². The quantitative estimate of drug-likeness (QED) is 0.255. The van der Waals surface area contributed by atoms with E-state index in [-0.39, 0.29) is 28.2 Å². The topological polar surface area (TPSA) is 116 Å². The lowest BCUT2D eigenvalue weighted by Crippen LogP contribution is -2.13. The number of aryl methyl sites for hydroxylation is 1. The fraction of sp³-hybridized carbons (Fsp3) is 0.143. The minimum atomic E-state index is -1.35. The van der Waals surface area contributed by atoms with E-state index in [2.05, 4.69) is 11.7 Å². The number of carboxylic acid groups (broad SMARTS) is 1. The highest BCUT2D eigenvalue weighted by Gasteiger charge is 2.19. The van der Waals surface area contributed by atoms with E-state index in [0.29, 0.717) is 5.56 Å². The van der Waals surface area contributed by atoms with Crippen LogP contribution < -0.4 is 9.47 Å². The first-order chi connectivity index (χ1) is 17.3. The van der Waals surface area contributed by atoms with Crippen molar-refractivity contribution in [1.29, 1.82) is 0 Å². The second-order valence-electron chi connectivity index (χ2n) is 7.67. The summed E-state index contributed by atoms with van der Waals surface area (Å²) in [5.74, 6) is -3.48. The summed E-state index contributed by atoms with van der Waals surface area (Å²) in [5, 5.41) is 9.59. The van der Waals surface area contributed by atoms with Crippen molar-refractivity contribution < 1.29 is 38.5 Å². The fourth-order valence-electron chi connectivity index (χ4n) is 3.21. The number of rotatable bonds is 9. The molecule has 0 heterocycles. The molecular formula is C28H24O8. The average Bonchev–Trinajstić information content (AvgIpc) is 2.88. The van der Waals surface area contributed by atoms with E-state index in [1.165, 1.54) is 43.5 Å². The summed E-state index contributed by atoms with van der Waals surface area (Å²) in [6, 6.07) is 16.8. The molecule has 1 N–H and O–H groups in total. The summed E-state index contributed by atoms with van der Waals surface area (Å²) in [5.41, 5.74) is 1.91. The van der Waals surface area contributed by atoms with Gasteiger partial charge in [-0.1, -0.05) is 37.6 Å². The predicted molar refractivity (Wildman–Crippen MR) is 131 cm³/mol. The van der Waals surface area contributed by atoms with E-state index in [4.69, 9.17) is 9.47 Å². The zero-order chi connectivity index (χ0) is 26.1. The van der Waals surface area contributed by atoms with Crippen molar-refractivity contribution in [3.05, 3.63) is 101 Å². The Morgan fingerprint density at radius 3 is 2.03 bits per heavy atom. The average molecular weight is 488 g/mol. The lowest BCUT2D eigenvalue weighted by atomic mass is 10.1. The molecule has 0 aromatic heterocycles. The molecule has 36 heavy (non-hydrogen) atoms. The zero-order valence-electron chi connectivity index (χ0n) is 19.7. The van der Waals surface area contributed by atoms with Gasteiger partial charge in [0.05, 0.1) is 18.2 Å². The van der Waals surface area contributed by atoms with Crippen molar-refractivity contribution in [2.75, 3.05) is 7.11 Å². The van der Waals surface area contributed by atoms with Crippen LogP contribution in [-0.2, 0) is 16.0 Å². The van der Waals surface area contributed by atoms with E-state index in [1.54, 1.807) is 24.3 Å². The van der Waals surface area contributed by atoms with Crippen LogP contribution in [0.3, 0.4) is 0 Å². The molecule has 0 spiro atoms. The molecule has 0 saturated heterocycles. The third-order valence-corrected chi connectivity index (χ3v) is 5.08. The fourth-order valence-corrected chi connectivity index (χ4v) is 3.21. The first kappa shape index (κ1) is 25.9. The van der Waals surface area contributed by atoms with E-state index in [9.17, 15) is 24.3 Å². The Hall–Kier alpha value is -4.72. The number of esters is 3. The van der Waals surface area contributed by atoms with Gasteiger partial charge in [0.15, 0.2) is 0 Å². The van der Waals surface area contributed by atoms with Gasteiger partial charge >= 0.3 is 23.9 Å². The summed E-state index contributed by atoms with van der Waals surface area (Å²) >= 11 is 0. The first-order valence-electron chi connectivity index (χ1n) is 11.1. The van der Waals surface area contributed by atoms with Crippen LogP contribution in [0, 0.1) is 0 Å². The highest BCUT2D eigenvalue weighted by atomic mass is 16.5. The largest absolute Gasteiger partial charge is 0.478 e. The van der Waals surface area contributed by atoms with Crippen molar-refractivity contribution in [2.45, 2.75) is 19.8 Å². The lowest BCUT2D eigenvalue weighted by Gasteiger charge is -2.10. The zero-order valence-corrected chi connectivity index (χ0v) is 19.7. The van der Waals surface area contributed by atoms with E-state index < -0.39 is 23.9 Å². The van der Waals surface area contributed by atoms with Gasteiger partial charge in [0.1, 0.15) is 17.1 Å². The number of ether oxygens (including phenoxy) is 3. The minimum absolute atomic E-state index is 0.0317. The Labute approximate surface area is 207 Å². The van der Waals surface area contributed by atoms with Crippen molar-refractivity contribution in [2.24, 2.45) is 0 Å². The molecule has 0 atom stereocenters. The third kappa shape index (κ3) is 6.89. The van der Waals surface area contributed by atoms with Crippen LogP contribution in [-0.4, -0.2) is 36.1 Å². The molecule has 0 bridgehead atoms. The van der Waals surface area contributed by atoms with Gasteiger partial charge in [0.2, 0.25) is 0 Å². The Morgan fingerprint density at radius 2 is 1.44 bits per heavy atom. The summed E-state index contributed by atoms with van der Waals surface area (Å²) in [7, 11) is 1.27. The number of carbonyl (C=O) groups excluding carboxylic acids is 3. The summed E-state index contributed by atoms with van der Waals surface area (Å²) in [4.78, 5) is 47.9. The van der Waals surface area contributed by atoms with E-state index >= 15 is 0 Å². The van der Waals surface area contributed by atoms with Gasteiger partial charge in [-0.3, -0.25) is 0 Å². The van der Waals surface area contributed by atoms with Gasteiger partial charge in [0.25, 0.3) is 0 Å². The monoisotopic (exact) mass is 488 g/mol. The highest BCUT2D eigenvalue weighted by Crippen LogP contribution is 2.26. The first-order valence-corrected chi connectivity index (χ1v) is 11.1. The minimum Gasteiger partial charge on any atom is -0.478 e. The molecule has 0 aliphatic carbocycles. The summed E-state index contributed by atoms with van der Waals surface area (Å²) < 4.78 is 15.1. The van der Waals surface area contributed by atoms with Crippen LogP contribution in [0.4, 0.5) is 0 Å². The third-order valence-electron chi connectivity index (χ3n) is 5.08. The predicted octanol–water partition coefficient (Wildman–Crippen LogP) is 4.96. The maximum Gasteiger partial charge on any atom is 0.343 e. The molecule has 184 valence electrons. The Bertz CT molecular complexity index is 1290. The van der Waals surface area contributed by atoms with Crippen molar-refractivity contribution in [3.63, 3.8) is 0 Å². The van der Waals surface area contributed by atoms with Gasteiger partial charge in [0, 0.05) is 6.08 Å². The molecule has 0 radical (unpaired) electrons. The lowest BCUT2D eigenvalue weighted by molar-refractivity contribution is -0.134. The molecule has 0 unspecified atom stereocenters. The number of carbonyl (C=O) groups is 4. The molecule has 8 nitrogen and oxygen atoms in total. The highest BCUT2D eigenvalue weighted by molar-refractivity contribution is 5.96. The summed E-state index contributed by atoms with van der Waals surface area (Å²) in [6.07, 6.45) is 4.63. The molecule has 0 aliphatic rings. The van der Waals surface area contributed by atoms with E-state index in [1.807, 2.05) is 12.1 Å². The van der Waals surface area contributed by atoms with Crippen LogP contribution in [0.1, 0.15) is 55.5 Å². The number of methoxy groups -OCH3 is 1. The van der Waals surface area contributed by atoms with Crippen LogP contribution in [0.15, 0.2) is 72.8 Å². The number of benzene rings is 3. The molecule has 3 aromatic carbocycles. The number of aromatic carboxylic acids is 1. The summed E-state index contributed by atoms with van der Waals surface area (Å²) in [6.45, 7) is 2.06. The number of hydrogen-bond donors (Lipinski definition) is 1. The maximum absolute atomic E-state index is 12.5. The van der Waals surface area contributed by atoms with Crippen molar-refractivity contribution in [1.82, 2.24) is 0 Å². The molecule has 3 aromatic rings. The van der Waals surface area contributed by atoms with Gasteiger partial charge < -0.3 is 19.3 Å². The second-order valence-corrected chi connectivity index (χ2v) is 7.67. The van der Waals surface area contributed by atoms with Gasteiger partial charge in [-0.2, -0.15) is 0 Å². The normalized spacial score (nSPS) is 10.6. The molecule has 8 heteroatoms. The smallest absolute Gasteiger partial charge is 0.343 e. The van der Waals surface area contributed by atoms with Crippen LogP contribution >= 0.6 is 0 Å². The van der Waals surface area contributed by atoms with Crippen LogP contribution in [0.2, 0.25) is 0 Å². The SMILES string of the molecule is CCCc1ccc(C(=O)Oc2ccc(OC(=O)c3ccc(C=CC(=O)OC)cc3)cc2C(=O)O)cc1. The Morgan fingerprint density at radius 1 is 0.833 bits per heavy atom. The molecule has 0 fully saturated rings. The molecule has 0 aliphatic heterocycles. The Kier molecular flexibility index (Phi) is 8.72. The van der Waals surface area contributed by atoms with Crippen molar-refractivity contribution >= 4 is 30.0 Å². The molecular weight excluding hydrogens is 464 g/mol. The molecule has 3 rings (SSSR count). The van der Waals surface area contributed by atoms with Crippen LogP contribution in [0.5, 0.6) is 11.5 Å². The van der Waals surface area contributed by atoms with Gasteiger partial charge in [-0.05, 0) is 66.1 Å². The van der Waals surface area contributed by atoms with Gasteiger partial charge in [-0.25, -0.2) is 19.2 Å². The standard InChI is InChI=1S/C28H24O8/c1-3-4-18-5-10-21(11-6-18)28(33)36-24-15-14-22(17-23(24)26(30)31)35-27(32)20-12-7-19(8-13-20)9-16-25(29)34-2/h5-17H,3-4H2,1-2H3,(H,30,31).